The van der Waals surface area contributed by atoms with E-state index in [2.05, 4.69) is 10.2 Å². The van der Waals surface area contributed by atoms with E-state index in [0.29, 0.717) is 28.6 Å². The summed E-state index contributed by atoms with van der Waals surface area (Å²) in [5, 5.41) is 18.5. The molecule has 0 spiro atoms. The molecular weight excluding hydrogens is 387 g/mol. The van der Waals surface area contributed by atoms with Crippen LogP contribution in [-0.4, -0.2) is 14.8 Å². The molecule has 0 aliphatic carbocycles. The van der Waals surface area contributed by atoms with E-state index in [1.807, 2.05) is 54.0 Å². The molecule has 7 heteroatoms. The monoisotopic (exact) mass is 404 g/mol. The molecule has 0 radical (unpaired) electrons. The van der Waals surface area contributed by atoms with Crippen LogP contribution in [0, 0.1) is 24.1 Å². The third-order valence-electron chi connectivity index (χ3n) is 4.53. The van der Waals surface area contributed by atoms with Crippen molar-refractivity contribution in [2.45, 2.75) is 24.4 Å². The maximum absolute atomic E-state index is 14.2. The Balaban J connectivity index is 1.68. The summed E-state index contributed by atoms with van der Waals surface area (Å²) in [6, 6.07) is 18.1. The molecular formula is C22H17FN4OS. The first kappa shape index (κ1) is 19.0. The molecule has 144 valence electrons. The van der Waals surface area contributed by atoms with Gasteiger partial charge in [0.2, 0.25) is 0 Å². The number of nitrogens with zero attached hydrogens (tertiary/aromatic N) is 4. The molecule has 2 heterocycles. The van der Waals surface area contributed by atoms with Crippen molar-refractivity contribution in [3.63, 3.8) is 0 Å². The van der Waals surface area contributed by atoms with Crippen molar-refractivity contribution in [1.29, 1.82) is 5.26 Å². The second-order valence-electron chi connectivity index (χ2n) is 6.49. The standard InChI is InChI=1S/C22H17FN4OS/c1-15-5-2-3-7-19(15)21-25-26-22(27(21)13-18-6-4-10-28-18)29-14-17-11-16(12-24)8-9-20(17)23/h2-11H,13-14H2,1H3. The van der Waals surface area contributed by atoms with Crippen LogP contribution in [0.4, 0.5) is 4.39 Å². The fraction of sp³-hybridized carbons (Fsp3) is 0.136. The van der Waals surface area contributed by atoms with E-state index >= 15 is 0 Å². The summed E-state index contributed by atoms with van der Waals surface area (Å²) in [7, 11) is 0. The van der Waals surface area contributed by atoms with Crippen LogP contribution in [0.5, 0.6) is 0 Å². The summed E-state index contributed by atoms with van der Waals surface area (Å²) < 4.78 is 21.6. The molecule has 0 atom stereocenters. The smallest absolute Gasteiger partial charge is 0.192 e. The number of aryl methyl sites for hydroxylation is 1. The van der Waals surface area contributed by atoms with Crippen LogP contribution in [0.2, 0.25) is 0 Å². The van der Waals surface area contributed by atoms with Crippen LogP contribution >= 0.6 is 11.8 Å². The Labute approximate surface area is 171 Å². The molecule has 0 amide bonds. The highest BCUT2D eigenvalue weighted by Gasteiger charge is 2.18. The van der Waals surface area contributed by atoms with E-state index in [1.165, 1.54) is 23.9 Å². The number of rotatable bonds is 6. The van der Waals surface area contributed by atoms with Crippen LogP contribution in [0.25, 0.3) is 11.4 Å². The molecule has 4 rings (SSSR count). The second-order valence-corrected chi connectivity index (χ2v) is 7.44. The summed E-state index contributed by atoms with van der Waals surface area (Å²) in [5.41, 5.74) is 2.96. The Morgan fingerprint density at radius 3 is 2.76 bits per heavy atom. The van der Waals surface area contributed by atoms with Crippen molar-refractivity contribution in [3.05, 3.63) is 89.1 Å². The first-order valence-electron chi connectivity index (χ1n) is 8.98. The molecule has 0 unspecified atom stereocenters. The summed E-state index contributed by atoms with van der Waals surface area (Å²) in [6.07, 6.45) is 1.63. The van der Waals surface area contributed by atoms with Gasteiger partial charge in [0.1, 0.15) is 11.6 Å². The maximum atomic E-state index is 14.2. The minimum Gasteiger partial charge on any atom is -0.467 e. The van der Waals surface area contributed by atoms with E-state index in [1.54, 1.807) is 12.3 Å². The van der Waals surface area contributed by atoms with E-state index < -0.39 is 0 Å². The van der Waals surface area contributed by atoms with E-state index in [9.17, 15) is 4.39 Å². The SMILES string of the molecule is Cc1ccccc1-c1nnc(SCc2cc(C#N)ccc2F)n1Cc1ccco1. The van der Waals surface area contributed by atoms with Crippen molar-refractivity contribution in [1.82, 2.24) is 14.8 Å². The van der Waals surface area contributed by atoms with Gasteiger partial charge in [-0.3, -0.25) is 4.57 Å². The van der Waals surface area contributed by atoms with E-state index in [-0.39, 0.29) is 5.82 Å². The first-order chi connectivity index (χ1) is 14.2. The van der Waals surface area contributed by atoms with Crippen LogP contribution in [-0.2, 0) is 12.3 Å². The number of hydrogen-bond acceptors (Lipinski definition) is 5. The van der Waals surface area contributed by atoms with Gasteiger partial charge in [-0.25, -0.2) is 4.39 Å². The summed E-state index contributed by atoms with van der Waals surface area (Å²) in [6.45, 7) is 2.49. The van der Waals surface area contributed by atoms with Gasteiger partial charge in [-0.15, -0.1) is 10.2 Å². The van der Waals surface area contributed by atoms with Gasteiger partial charge < -0.3 is 4.42 Å². The van der Waals surface area contributed by atoms with Gasteiger partial charge in [0, 0.05) is 11.3 Å². The van der Waals surface area contributed by atoms with Gasteiger partial charge in [-0.05, 0) is 48.4 Å². The zero-order valence-corrected chi connectivity index (χ0v) is 16.5. The molecule has 5 nitrogen and oxygen atoms in total. The topological polar surface area (TPSA) is 67.6 Å². The highest BCUT2D eigenvalue weighted by atomic mass is 32.2. The minimum atomic E-state index is -0.340. The number of aromatic nitrogens is 3. The Kier molecular flexibility index (Phi) is 5.45. The second kappa shape index (κ2) is 8.33. The predicted octanol–water partition coefficient (Wildman–Crippen LogP) is 5.20. The molecule has 0 saturated carbocycles. The summed E-state index contributed by atoms with van der Waals surface area (Å²) in [5.74, 6) is 1.51. The van der Waals surface area contributed by atoms with Gasteiger partial charge in [-0.1, -0.05) is 36.0 Å². The largest absolute Gasteiger partial charge is 0.467 e. The Morgan fingerprint density at radius 2 is 2.00 bits per heavy atom. The fourth-order valence-corrected chi connectivity index (χ4v) is 3.93. The number of halogens is 1. The lowest BCUT2D eigenvalue weighted by Crippen LogP contribution is -2.04. The number of benzene rings is 2. The highest BCUT2D eigenvalue weighted by molar-refractivity contribution is 7.98. The van der Waals surface area contributed by atoms with Crippen molar-refractivity contribution in [3.8, 4) is 17.5 Å². The summed E-state index contributed by atoms with van der Waals surface area (Å²) in [4.78, 5) is 0. The zero-order valence-electron chi connectivity index (χ0n) is 15.7. The van der Waals surface area contributed by atoms with Crippen LogP contribution in [0.3, 0.4) is 0 Å². The molecule has 0 bridgehead atoms. The van der Waals surface area contributed by atoms with Gasteiger partial charge >= 0.3 is 0 Å². The van der Waals surface area contributed by atoms with E-state index in [4.69, 9.17) is 9.68 Å². The van der Waals surface area contributed by atoms with Gasteiger partial charge in [0.15, 0.2) is 11.0 Å². The zero-order chi connectivity index (χ0) is 20.2. The lowest BCUT2D eigenvalue weighted by molar-refractivity contribution is 0.485. The van der Waals surface area contributed by atoms with Gasteiger partial charge in [-0.2, -0.15) is 5.26 Å². The van der Waals surface area contributed by atoms with Gasteiger partial charge in [0.05, 0.1) is 24.4 Å². The first-order valence-corrected chi connectivity index (χ1v) is 9.97. The third kappa shape index (κ3) is 4.08. The average Bonchev–Trinajstić information content (AvgIpc) is 3.38. The molecule has 4 aromatic rings. The molecule has 0 aliphatic heterocycles. The van der Waals surface area contributed by atoms with Crippen molar-refractivity contribution in [2.24, 2.45) is 0 Å². The Hall–Kier alpha value is -3.37. The molecule has 0 saturated heterocycles. The maximum Gasteiger partial charge on any atom is 0.192 e. The van der Waals surface area contributed by atoms with E-state index in [0.717, 1.165) is 22.7 Å². The summed E-state index contributed by atoms with van der Waals surface area (Å²) >= 11 is 1.37. The molecule has 0 aliphatic rings. The number of nitriles is 1. The van der Waals surface area contributed by atoms with Crippen molar-refractivity contribution in [2.75, 3.05) is 0 Å². The van der Waals surface area contributed by atoms with Gasteiger partial charge in [0.25, 0.3) is 0 Å². The number of hydrogen-bond donors (Lipinski definition) is 0. The third-order valence-corrected chi connectivity index (χ3v) is 5.54. The fourth-order valence-electron chi connectivity index (χ4n) is 3.02. The quantitative estimate of drug-likeness (QED) is 0.413. The normalized spacial score (nSPS) is 10.8. The minimum absolute atomic E-state index is 0.339. The molecule has 2 aromatic carbocycles. The molecule has 29 heavy (non-hydrogen) atoms. The van der Waals surface area contributed by atoms with Crippen LogP contribution in [0.1, 0.15) is 22.5 Å². The lowest BCUT2D eigenvalue weighted by Gasteiger charge is -2.10. The predicted molar refractivity (Wildman–Crippen MR) is 109 cm³/mol. The van der Waals surface area contributed by atoms with Crippen LogP contribution in [0.15, 0.2) is 70.4 Å². The molecule has 0 fully saturated rings. The van der Waals surface area contributed by atoms with Crippen molar-refractivity contribution < 1.29 is 8.81 Å². The highest BCUT2D eigenvalue weighted by Crippen LogP contribution is 2.29. The molecule has 0 N–H and O–H groups in total. The lowest BCUT2D eigenvalue weighted by atomic mass is 10.1. The number of furan rings is 1. The Morgan fingerprint density at radius 1 is 1.14 bits per heavy atom. The molecule has 2 aromatic heterocycles. The van der Waals surface area contributed by atoms with Crippen molar-refractivity contribution >= 4 is 11.8 Å². The number of thioether (sulfide) groups is 1. The van der Waals surface area contributed by atoms with Crippen LogP contribution < -0.4 is 0 Å². The average molecular weight is 404 g/mol. The Bertz CT molecular complexity index is 1180.